The molecule has 1 aromatic carbocycles. The number of thiophene rings is 1. The molecule has 1 aliphatic rings. The summed E-state index contributed by atoms with van der Waals surface area (Å²) in [5.74, 6) is 0.398. The van der Waals surface area contributed by atoms with Crippen LogP contribution in [0.5, 0.6) is 0 Å². The van der Waals surface area contributed by atoms with Gasteiger partial charge in [-0.3, -0.25) is 4.79 Å². The summed E-state index contributed by atoms with van der Waals surface area (Å²) in [7, 11) is 0. The number of aryl methyl sites for hydroxylation is 2. The van der Waals surface area contributed by atoms with Gasteiger partial charge in [0.15, 0.2) is 0 Å². The number of carbonyl (C=O) groups is 1. The average molecular weight is 385 g/mol. The molecule has 0 bridgehead atoms. The Morgan fingerprint density at radius 1 is 1.22 bits per heavy atom. The topological polar surface area (TPSA) is 54.5 Å². The van der Waals surface area contributed by atoms with Gasteiger partial charge in [-0.1, -0.05) is 0 Å². The van der Waals surface area contributed by atoms with Gasteiger partial charge in [0, 0.05) is 17.8 Å². The number of nitrogens with zero attached hydrogens (tertiary/aromatic N) is 2. The number of hydrogen-bond acceptors (Lipinski definition) is 5. The van der Waals surface area contributed by atoms with Crippen LogP contribution in [0, 0.1) is 19.7 Å². The molecule has 5 nitrogen and oxygen atoms in total. The normalized spacial score (nSPS) is 14.6. The van der Waals surface area contributed by atoms with Crippen LogP contribution >= 0.6 is 11.3 Å². The fraction of sp³-hybridized carbons (Fsp3) is 0.300. The highest BCUT2D eigenvalue weighted by Crippen LogP contribution is 2.32. The van der Waals surface area contributed by atoms with Crippen LogP contribution in [0.3, 0.4) is 0 Å². The number of carbonyl (C=O) groups excluding carboxylic acids is 1. The standard InChI is InChI=1S/C20H20FN3O2S/c1-12-15-11-14(21)3-5-17(15)27-19(12)20(25)23-16-4-6-18(22-13(16)2)24-7-9-26-10-8-24/h3-6,11H,7-10H2,1-2H3,(H,23,25). The van der Waals surface area contributed by atoms with Crippen molar-refractivity contribution in [2.75, 3.05) is 36.5 Å². The van der Waals surface area contributed by atoms with E-state index < -0.39 is 0 Å². The van der Waals surface area contributed by atoms with E-state index in [1.807, 2.05) is 26.0 Å². The Balaban J connectivity index is 1.57. The number of amides is 1. The van der Waals surface area contributed by atoms with Crippen molar-refractivity contribution in [1.29, 1.82) is 0 Å². The minimum absolute atomic E-state index is 0.196. The van der Waals surface area contributed by atoms with E-state index in [4.69, 9.17) is 4.74 Å². The molecule has 0 unspecified atom stereocenters. The molecule has 1 amide bonds. The first kappa shape index (κ1) is 17.9. The SMILES string of the molecule is Cc1nc(N2CCOCC2)ccc1NC(=O)c1sc2ccc(F)cc2c1C. The van der Waals surface area contributed by atoms with Crippen LogP contribution in [-0.4, -0.2) is 37.2 Å². The van der Waals surface area contributed by atoms with E-state index in [0.717, 1.165) is 40.3 Å². The lowest BCUT2D eigenvalue weighted by atomic mass is 10.1. The van der Waals surface area contributed by atoms with Crippen molar-refractivity contribution in [1.82, 2.24) is 4.98 Å². The van der Waals surface area contributed by atoms with Crippen molar-refractivity contribution in [3.8, 4) is 0 Å². The van der Waals surface area contributed by atoms with Crippen LogP contribution in [-0.2, 0) is 4.74 Å². The molecule has 0 atom stereocenters. The maximum atomic E-state index is 13.5. The Kier molecular flexibility index (Phi) is 4.80. The smallest absolute Gasteiger partial charge is 0.266 e. The fourth-order valence-electron chi connectivity index (χ4n) is 3.24. The Hall–Kier alpha value is -2.51. The Morgan fingerprint density at radius 3 is 2.74 bits per heavy atom. The fourth-order valence-corrected chi connectivity index (χ4v) is 4.32. The van der Waals surface area contributed by atoms with Crippen molar-refractivity contribution in [3.05, 3.63) is 52.3 Å². The van der Waals surface area contributed by atoms with E-state index in [9.17, 15) is 9.18 Å². The van der Waals surface area contributed by atoms with Crippen molar-refractivity contribution in [2.24, 2.45) is 0 Å². The molecule has 2 aromatic heterocycles. The molecule has 140 valence electrons. The van der Waals surface area contributed by atoms with Crippen LogP contribution in [0.4, 0.5) is 15.9 Å². The number of ether oxygens (including phenoxy) is 1. The zero-order valence-corrected chi connectivity index (χ0v) is 16.0. The third-order valence-corrected chi connectivity index (χ3v) is 6.03. The summed E-state index contributed by atoms with van der Waals surface area (Å²) < 4.78 is 19.8. The number of pyridine rings is 1. The van der Waals surface area contributed by atoms with Gasteiger partial charge in [0.25, 0.3) is 5.91 Å². The highest BCUT2D eigenvalue weighted by atomic mass is 32.1. The van der Waals surface area contributed by atoms with Crippen molar-refractivity contribution in [2.45, 2.75) is 13.8 Å². The molecule has 0 spiro atoms. The molecule has 1 N–H and O–H groups in total. The Morgan fingerprint density at radius 2 is 2.00 bits per heavy atom. The first-order valence-electron chi connectivity index (χ1n) is 8.83. The van der Waals surface area contributed by atoms with Gasteiger partial charge in [-0.25, -0.2) is 9.37 Å². The Bertz CT molecular complexity index is 1010. The number of fused-ring (bicyclic) bond motifs is 1. The third-order valence-electron chi connectivity index (χ3n) is 4.76. The highest BCUT2D eigenvalue weighted by Gasteiger charge is 2.18. The summed E-state index contributed by atoms with van der Waals surface area (Å²) in [6, 6.07) is 8.40. The van der Waals surface area contributed by atoms with Gasteiger partial charge in [0.05, 0.1) is 29.5 Å². The molecule has 3 aromatic rings. The number of rotatable bonds is 3. The zero-order chi connectivity index (χ0) is 19.0. The van der Waals surface area contributed by atoms with Crippen molar-refractivity contribution in [3.63, 3.8) is 0 Å². The van der Waals surface area contributed by atoms with Gasteiger partial charge in [-0.2, -0.15) is 0 Å². The van der Waals surface area contributed by atoms with Gasteiger partial charge >= 0.3 is 0 Å². The largest absolute Gasteiger partial charge is 0.378 e. The monoisotopic (exact) mass is 385 g/mol. The Labute approximate surface area is 160 Å². The summed E-state index contributed by atoms with van der Waals surface area (Å²) in [5.41, 5.74) is 2.24. The van der Waals surface area contributed by atoms with Crippen LogP contribution < -0.4 is 10.2 Å². The number of hydrogen-bond donors (Lipinski definition) is 1. The maximum absolute atomic E-state index is 13.5. The van der Waals surface area contributed by atoms with Crippen LogP contribution in [0.15, 0.2) is 30.3 Å². The van der Waals surface area contributed by atoms with E-state index >= 15 is 0 Å². The minimum atomic E-state index is -0.297. The molecule has 1 saturated heterocycles. The quantitative estimate of drug-likeness (QED) is 0.736. The number of halogens is 1. The first-order chi connectivity index (χ1) is 13.0. The summed E-state index contributed by atoms with van der Waals surface area (Å²) in [5, 5.41) is 3.73. The van der Waals surface area contributed by atoms with E-state index in [1.165, 1.54) is 23.5 Å². The summed E-state index contributed by atoms with van der Waals surface area (Å²) in [6.45, 7) is 6.76. The molecule has 1 aliphatic heterocycles. The molecule has 27 heavy (non-hydrogen) atoms. The second-order valence-electron chi connectivity index (χ2n) is 6.55. The maximum Gasteiger partial charge on any atom is 0.266 e. The van der Waals surface area contributed by atoms with Crippen LogP contribution in [0.1, 0.15) is 20.9 Å². The lowest BCUT2D eigenvalue weighted by Gasteiger charge is -2.28. The molecular formula is C20H20FN3O2S. The van der Waals surface area contributed by atoms with E-state index in [1.54, 1.807) is 6.07 Å². The molecule has 0 saturated carbocycles. The van der Waals surface area contributed by atoms with Gasteiger partial charge in [-0.15, -0.1) is 11.3 Å². The molecule has 3 heterocycles. The van der Waals surface area contributed by atoms with Crippen LogP contribution in [0.2, 0.25) is 0 Å². The molecular weight excluding hydrogens is 365 g/mol. The molecule has 0 radical (unpaired) electrons. The van der Waals surface area contributed by atoms with E-state index in [2.05, 4.69) is 15.2 Å². The summed E-state index contributed by atoms with van der Waals surface area (Å²) in [6.07, 6.45) is 0. The predicted molar refractivity (Wildman–Crippen MR) is 106 cm³/mol. The van der Waals surface area contributed by atoms with Crippen molar-refractivity contribution < 1.29 is 13.9 Å². The summed E-state index contributed by atoms with van der Waals surface area (Å²) in [4.78, 5) is 20.2. The van der Waals surface area contributed by atoms with Crippen molar-refractivity contribution >= 4 is 38.8 Å². The third kappa shape index (κ3) is 3.52. The minimum Gasteiger partial charge on any atom is -0.378 e. The average Bonchev–Trinajstić information content (AvgIpc) is 3.00. The number of morpholine rings is 1. The second kappa shape index (κ2) is 7.25. The number of benzene rings is 1. The summed E-state index contributed by atoms with van der Waals surface area (Å²) >= 11 is 1.37. The lowest BCUT2D eigenvalue weighted by molar-refractivity contribution is 0.103. The molecule has 7 heteroatoms. The van der Waals surface area contributed by atoms with Gasteiger partial charge in [-0.05, 0) is 55.1 Å². The van der Waals surface area contributed by atoms with Gasteiger partial charge in [0.1, 0.15) is 11.6 Å². The van der Waals surface area contributed by atoms with Gasteiger partial charge < -0.3 is 15.0 Å². The van der Waals surface area contributed by atoms with E-state index in [-0.39, 0.29) is 11.7 Å². The predicted octanol–water partition coefficient (Wildman–Crippen LogP) is 4.14. The molecule has 0 aliphatic carbocycles. The number of nitrogens with one attached hydrogen (secondary N) is 1. The zero-order valence-electron chi connectivity index (χ0n) is 15.2. The number of anilines is 2. The number of aromatic nitrogens is 1. The van der Waals surface area contributed by atoms with Crippen LogP contribution in [0.25, 0.3) is 10.1 Å². The first-order valence-corrected chi connectivity index (χ1v) is 9.65. The highest BCUT2D eigenvalue weighted by molar-refractivity contribution is 7.21. The second-order valence-corrected chi connectivity index (χ2v) is 7.60. The van der Waals surface area contributed by atoms with E-state index in [0.29, 0.717) is 23.8 Å². The van der Waals surface area contributed by atoms with Gasteiger partial charge in [0.2, 0.25) is 0 Å². The molecule has 4 rings (SSSR count). The molecule has 1 fully saturated rings. The lowest BCUT2D eigenvalue weighted by Crippen LogP contribution is -2.36.